The summed E-state index contributed by atoms with van der Waals surface area (Å²) in [5, 5.41) is 0. The predicted molar refractivity (Wildman–Crippen MR) is 230 cm³/mol. The van der Waals surface area contributed by atoms with Crippen molar-refractivity contribution in [2.24, 2.45) is 23.7 Å². The van der Waals surface area contributed by atoms with Gasteiger partial charge in [-0.25, -0.2) is 0 Å². The van der Waals surface area contributed by atoms with Gasteiger partial charge < -0.3 is 69.5 Å². The maximum atomic E-state index is 5.98. The van der Waals surface area contributed by atoms with Crippen molar-refractivity contribution in [3.63, 3.8) is 0 Å². The third-order valence-electron chi connectivity index (χ3n) is 7.19. The van der Waals surface area contributed by atoms with Crippen molar-refractivity contribution < 1.29 is 35.4 Å². The van der Waals surface area contributed by atoms with Gasteiger partial charge in [-0.3, -0.25) is 0 Å². The summed E-state index contributed by atoms with van der Waals surface area (Å²) in [6.07, 6.45) is 0. The number of benzene rings is 4. The molecule has 4 nitrogen and oxygen atoms in total. The van der Waals surface area contributed by atoms with Gasteiger partial charge in [-0.2, -0.15) is 19.6 Å². The Morgan fingerprint density at radius 3 is 1.02 bits per heavy atom. The Morgan fingerprint density at radius 1 is 0.415 bits per heavy atom. The molecular weight excluding hydrogens is 779 g/mol. The monoisotopic (exact) mass is 830 g/mol. The summed E-state index contributed by atoms with van der Waals surface area (Å²) >= 11 is 22.7. The van der Waals surface area contributed by atoms with Crippen LogP contribution in [-0.2, 0) is 67.0 Å². The molecule has 0 radical (unpaired) electrons. The predicted octanol–water partition coefficient (Wildman–Crippen LogP) is 11.3. The van der Waals surface area contributed by atoms with Gasteiger partial charge in [0.1, 0.15) is 23.0 Å². The average molecular weight is 832 g/mol. The minimum atomic E-state index is 0. The van der Waals surface area contributed by atoms with Crippen molar-refractivity contribution in [1.82, 2.24) is 0 Å². The van der Waals surface area contributed by atoms with Crippen LogP contribution in [0.25, 0.3) is 19.6 Å². The Morgan fingerprint density at radius 2 is 0.717 bits per heavy atom. The van der Waals surface area contributed by atoms with Crippen molar-refractivity contribution >= 4 is 70.1 Å². The first-order chi connectivity index (χ1) is 24.8. The molecule has 9 heteroatoms. The van der Waals surface area contributed by atoms with E-state index in [4.69, 9.17) is 69.5 Å². The van der Waals surface area contributed by atoms with E-state index in [0.29, 0.717) is 69.7 Å². The van der Waals surface area contributed by atoms with Crippen LogP contribution in [0.2, 0.25) is 0 Å². The maximum absolute atomic E-state index is 5.98. The first-order valence-electron chi connectivity index (χ1n) is 17.8. The van der Waals surface area contributed by atoms with Crippen molar-refractivity contribution in [2.75, 3.05) is 26.4 Å². The van der Waals surface area contributed by atoms with E-state index < -0.39 is 0 Å². The summed E-state index contributed by atoms with van der Waals surface area (Å²) in [5.41, 5.74) is 3.51. The molecular formula is C44H52NiO4S4-4. The van der Waals surface area contributed by atoms with Crippen LogP contribution in [0.5, 0.6) is 23.0 Å². The van der Waals surface area contributed by atoms with E-state index in [0.717, 1.165) is 45.3 Å². The molecule has 4 rings (SSSR count). The second-order valence-corrected chi connectivity index (χ2v) is 15.8. The minimum Gasteiger partial charge on any atom is -0.780 e. The molecule has 53 heavy (non-hydrogen) atoms. The summed E-state index contributed by atoms with van der Waals surface area (Å²) < 4.78 is 23.7. The van der Waals surface area contributed by atoms with E-state index in [1.165, 1.54) is 0 Å². The van der Waals surface area contributed by atoms with E-state index in [1.807, 2.05) is 97.1 Å². The fourth-order valence-electron chi connectivity index (χ4n) is 4.53. The second-order valence-electron chi connectivity index (χ2n) is 14.2. The summed E-state index contributed by atoms with van der Waals surface area (Å²) in [4.78, 5) is 2.52. The Balaban J connectivity index is 0.000000360. The van der Waals surface area contributed by atoms with Gasteiger partial charge in [-0.05, 0) is 82.3 Å². The fourth-order valence-corrected chi connectivity index (χ4v) is 5.58. The molecule has 0 N–H and O–H groups in total. The molecule has 0 aromatic heterocycles. The van der Waals surface area contributed by atoms with Gasteiger partial charge >= 0.3 is 0 Å². The van der Waals surface area contributed by atoms with Gasteiger partial charge in [-0.15, -0.1) is 0 Å². The number of hydrogen-bond donors (Lipinski definition) is 0. The van der Waals surface area contributed by atoms with E-state index >= 15 is 0 Å². The third-order valence-corrected chi connectivity index (χ3v) is 9.17. The minimum absolute atomic E-state index is 0. The summed E-state index contributed by atoms with van der Waals surface area (Å²) in [6.45, 7) is 19.5. The second kappa shape index (κ2) is 23.7. The first kappa shape index (κ1) is 46.1. The average Bonchev–Trinajstić information content (AvgIpc) is 3.14. The molecule has 0 spiro atoms. The van der Waals surface area contributed by atoms with Gasteiger partial charge in [-0.1, -0.05) is 116 Å². The Hall–Kier alpha value is -3.07. The molecule has 0 atom stereocenters. The zero-order valence-corrected chi connectivity index (χ0v) is 36.2. The zero-order chi connectivity index (χ0) is 38.2. The largest absolute Gasteiger partial charge is 0.780 e. The number of hydrogen-bond acceptors (Lipinski definition) is 8. The molecule has 0 unspecified atom stereocenters. The molecule has 0 amide bonds. The molecule has 0 saturated heterocycles. The molecule has 4 aromatic rings. The topological polar surface area (TPSA) is 36.9 Å². The van der Waals surface area contributed by atoms with Crippen LogP contribution in [0.1, 0.15) is 77.6 Å². The molecule has 0 bridgehead atoms. The Bertz CT molecular complexity index is 1610. The molecule has 0 heterocycles. The van der Waals surface area contributed by atoms with Crippen LogP contribution in [0.15, 0.2) is 97.1 Å². The molecule has 0 fully saturated rings. The summed E-state index contributed by atoms with van der Waals surface area (Å²) in [7, 11) is 0. The quantitative estimate of drug-likeness (QED) is 0.0628. The molecule has 4 aromatic carbocycles. The van der Waals surface area contributed by atoms with Crippen molar-refractivity contribution in [1.29, 1.82) is 0 Å². The molecule has 0 aliphatic carbocycles. The van der Waals surface area contributed by atoms with Crippen LogP contribution in [0.3, 0.4) is 0 Å². The van der Waals surface area contributed by atoms with Crippen LogP contribution >= 0.6 is 0 Å². The van der Waals surface area contributed by atoms with E-state index in [-0.39, 0.29) is 16.5 Å². The van der Waals surface area contributed by atoms with Crippen molar-refractivity contribution in [2.45, 2.75) is 55.4 Å². The van der Waals surface area contributed by atoms with Gasteiger partial charge in [0.05, 0.1) is 26.4 Å². The van der Waals surface area contributed by atoms with Gasteiger partial charge in [0.2, 0.25) is 0 Å². The van der Waals surface area contributed by atoms with Gasteiger partial charge in [0, 0.05) is 16.5 Å². The summed E-state index contributed by atoms with van der Waals surface area (Å²) in [6, 6.07) is 31.3. The number of ether oxygens (including phenoxy) is 4. The molecule has 0 saturated carbocycles. The van der Waals surface area contributed by atoms with Crippen LogP contribution in [0, 0.1) is 23.7 Å². The third kappa shape index (κ3) is 15.7. The molecule has 0 aliphatic rings. The van der Waals surface area contributed by atoms with Crippen molar-refractivity contribution in [3.05, 3.63) is 119 Å². The van der Waals surface area contributed by atoms with Gasteiger partial charge in [0.15, 0.2) is 0 Å². The molecule has 0 aliphatic heterocycles. The van der Waals surface area contributed by atoms with Crippen LogP contribution < -0.4 is 18.9 Å². The SMILES string of the molecule is CC(C)COc1ccc(OCC(C)C)c(/C([S-])=C(/[S-])c2ccccc2)c1.CC(C)COc1ccc(OCC(C)C)c(/C([S-])=C(/[S-])c2ccccc2)c1.[Ni]. The van der Waals surface area contributed by atoms with Gasteiger partial charge in [0.25, 0.3) is 0 Å². The van der Waals surface area contributed by atoms with E-state index in [2.05, 4.69) is 55.4 Å². The van der Waals surface area contributed by atoms with Crippen molar-refractivity contribution in [3.8, 4) is 23.0 Å². The molecule has 290 valence electrons. The maximum Gasteiger partial charge on any atom is 0.125 e. The zero-order valence-electron chi connectivity index (χ0n) is 32.0. The number of rotatable bonds is 16. The summed E-state index contributed by atoms with van der Waals surface area (Å²) in [5.74, 6) is 4.81. The first-order valence-corrected chi connectivity index (χ1v) is 19.5. The standard InChI is InChI=1S/2C22H28O2S2.Ni/c2*1-15(2)13-23-18-10-11-20(24-14-16(3)4)19(12-18)22(26)21(25)17-8-6-5-7-9-17;/h2*5-12,15-16,25-26H,13-14H2,1-4H3;/p-4/b2*22-21-;. The van der Waals surface area contributed by atoms with E-state index in [1.54, 1.807) is 0 Å². The smallest absolute Gasteiger partial charge is 0.125 e. The Kier molecular flexibility index (Phi) is 20.6. The van der Waals surface area contributed by atoms with Crippen LogP contribution in [-0.4, -0.2) is 26.4 Å². The fraction of sp³-hybridized carbons (Fsp3) is 0.364. The normalized spacial score (nSPS) is 12.0. The van der Waals surface area contributed by atoms with Crippen LogP contribution in [0.4, 0.5) is 0 Å². The van der Waals surface area contributed by atoms with E-state index in [9.17, 15) is 0 Å². The Labute approximate surface area is 351 Å².